The zero-order chi connectivity index (χ0) is 14.2. The van der Waals surface area contributed by atoms with E-state index in [9.17, 15) is 8.42 Å². The second kappa shape index (κ2) is 5.61. The van der Waals surface area contributed by atoms with Crippen molar-refractivity contribution in [3.05, 3.63) is 43.0 Å². The van der Waals surface area contributed by atoms with Crippen LogP contribution >= 0.6 is 50.5 Å². The van der Waals surface area contributed by atoms with Crippen molar-refractivity contribution in [1.29, 1.82) is 0 Å². The van der Waals surface area contributed by atoms with Crippen molar-refractivity contribution in [2.75, 3.05) is 4.72 Å². The lowest BCUT2D eigenvalue weighted by Gasteiger charge is -2.10. The van der Waals surface area contributed by atoms with Crippen LogP contribution in [0, 0.1) is 6.92 Å². The molecule has 0 spiro atoms. The van der Waals surface area contributed by atoms with E-state index in [1.807, 2.05) is 19.1 Å². The number of nitrogens with one attached hydrogen (secondary N) is 1. The molecule has 1 aromatic heterocycles. The van der Waals surface area contributed by atoms with E-state index < -0.39 is 10.0 Å². The molecule has 2 aromatic rings. The molecule has 8 heteroatoms. The molecule has 0 saturated carbocycles. The van der Waals surface area contributed by atoms with E-state index in [0.29, 0.717) is 10.0 Å². The SMILES string of the molecule is Cc1ccccc1NS(=O)(=O)c1c(Cl)sc(Cl)c1Br. The summed E-state index contributed by atoms with van der Waals surface area (Å²) in [6, 6.07) is 7.08. The summed E-state index contributed by atoms with van der Waals surface area (Å²) < 4.78 is 27.9. The molecule has 0 radical (unpaired) electrons. The highest BCUT2D eigenvalue weighted by atomic mass is 79.9. The Morgan fingerprint density at radius 3 is 2.37 bits per heavy atom. The van der Waals surface area contributed by atoms with Gasteiger partial charge in [0.25, 0.3) is 10.0 Å². The highest BCUT2D eigenvalue weighted by Crippen LogP contribution is 2.43. The van der Waals surface area contributed by atoms with Gasteiger partial charge in [0.05, 0.1) is 10.2 Å². The summed E-state index contributed by atoms with van der Waals surface area (Å²) in [6.07, 6.45) is 0. The topological polar surface area (TPSA) is 46.2 Å². The van der Waals surface area contributed by atoms with Crippen LogP contribution in [0.4, 0.5) is 5.69 Å². The van der Waals surface area contributed by atoms with Crippen LogP contribution in [0.15, 0.2) is 33.6 Å². The van der Waals surface area contributed by atoms with Crippen LogP contribution in [-0.2, 0) is 10.0 Å². The maximum Gasteiger partial charge on any atom is 0.265 e. The molecule has 3 nitrogen and oxygen atoms in total. The first-order valence-electron chi connectivity index (χ1n) is 5.04. The van der Waals surface area contributed by atoms with E-state index in [0.717, 1.165) is 16.9 Å². The number of anilines is 1. The number of aryl methyl sites for hydroxylation is 1. The number of hydrogen-bond donors (Lipinski definition) is 1. The Morgan fingerprint density at radius 2 is 1.84 bits per heavy atom. The maximum atomic E-state index is 12.3. The molecule has 0 saturated heterocycles. The lowest BCUT2D eigenvalue weighted by atomic mass is 10.2. The summed E-state index contributed by atoms with van der Waals surface area (Å²) in [7, 11) is -3.78. The molecule has 0 unspecified atom stereocenters. The van der Waals surface area contributed by atoms with Crippen molar-refractivity contribution in [1.82, 2.24) is 0 Å². The van der Waals surface area contributed by atoms with Crippen molar-refractivity contribution in [3.63, 3.8) is 0 Å². The summed E-state index contributed by atoms with van der Waals surface area (Å²) in [5.41, 5.74) is 1.33. The molecule has 0 atom stereocenters. The van der Waals surface area contributed by atoms with Gasteiger partial charge in [-0.1, -0.05) is 41.4 Å². The fraction of sp³-hybridized carbons (Fsp3) is 0.0909. The minimum absolute atomic E-state index is 0.0348. The first kappa shape index (κ1) is 15.1. The monoisotopic (exact) mass is 399 g/mol. The predicted molar refractivity (Wildman–Crippen MR) is 84.0 cm³/mol. The van der Waals surface area contributed by atoms with Crippen molar-refractivity contribution in [2.45, 2.75) is 11.8 Å². The molecule has 2 rings (SSSR count). The van der Waals surface area contributed by atoms with Gasteiger partial charge >= 0.3 is 0 Å². The highest BCUT2D eigenvalue weighted by molar-refractivity contribution is 9.10. The number of thiophene rings is 1. The normalized spacial score (nSPS) is 11.6. The summed E-state index contributed by atoms with van der Waals surface area (Å²) in [6.45, 7) is 1.81. The van der Waals surface area contributed by atoms with Gasteiger partial charge in [0.2, 0.25) is 0 Å². The minimum Gasteiger partial charge on any atom is -0.279 e. The molecular weight excluding hydrogens is 393 g/mol. The van der Waals surface area contributed by atoms with Gasteiger partial charge < -0.3 is 0 Å². The van der Waals surface area contributed by atoms with Crippen molar-refractivity contribution < 1.29 is 8.42 Å². The first-order valence-corrected chi connectivity index (χ1v) is 8.89. The molecule has 1 aromatic carbocycles. The Labute approximate surface area is 133 Å². The summed E-state index contributed by atoms with van der Waals surface area (Å²) >= 11 is 15.9. The van der Waals surface area contributed by atoms with Gasteiger partial charge in [-0.3, -0.25) is 4.72 Å². The Hall–Kier alpha value is -0.270. The Kier molecular flexibility index (Phi) is 4.47. The Balaban J connectivity index is 2.47. The van der Waals surface area contributed by atoms with Gasteiger partial charge in [-0.15, -0.1) is 11.3 Å². The lowest BCUT2D eigenvalue weighted by Crippen LogP contribution is -2.13. The number of benzene rings is 1. The molecule has 1 heterocycles. The fourth-order valence-corrected chi connectivity index (χ4v) is 6.14. The quantitative estimate of drug-likeness (QED) is 0.793. The highest BCUT2D eigenvalue weighted by Gasteiger charge is 2.26. The van der Waals surface area contributed by atoms with Gasteiger partial charge in [0.15, 0.2) is 0 Å². The molecule has 1 N–H and O–H groups in total. The number of sulfonamides is 1. The molecule has 19 heavy (non-hydrogen) atoms. The van der Waals surface area contributed by atoms with Crippen molar-refractivity contribution >= 4 is 66.2 Å². The predicted octanol–water partition coefficient (Wildman–Crippen LogP) is 4.93. The molecule has 0 aliphatic carbocycles. The van der Waals surface area contributed by atoms with E-state index in [1.54, 1.807) is 12.1 Å². The summed E-state index contributed by atoms with van der Waals surface area (Å²) in [5, 5.41) is 0. The molecule has 102 valence electrons. The average Bonchev–Trinajstić information content (AvgIpc) is 2.56. The van der Waals surface area contributed by atoms with Crippen LogP contribution in [0.1, 0.15) is 5.56 Å². The number of halogens is 3. The number of para-hydroxylation sites is 1. The van der Waals surface area contributed by atoms with Gasteiger partial charge in [0.1, 0.15) is 13.6 Å². The number of hydrogen-bond acceptors (Lipinski definition) is 3. The summed E-state index contributed by atoms with van der Waals surface area (Å²) in [5.74, 6) is 0. The van der Waals surface area contributed by atoms with Crippen LogP contribution in [0.2, 0.25) is 8.67 Å². The van der Waals surface area contributed by atoms with E-state index in [-0.39, 0.29) is 13.7 Å². The van der Waals surface area contributed by atoms with Crippen molar-refractivity contribution in [3.8, 4) is 0 Å². The van der Waals surface area contributed by atoms with Crippen LogP contribution in [-0.4, -0.2) is 8.42 Å². The van der Waals surface area contributed by atoms with Crippen molar-refractivity contribution in [2.24, 2.45) is 0 Å². The number of rotatable bonds is 3. The zero-order valence-electron chi connectivity index (χ0n) is 9.58. The van der Waals surface area contributed by atoms with Gasteiger partial charge in [-0.25, -0.2) is 8.42 Å². The third-order valence-corrected chi connectivity index (χ3v) is 7.22. The summed E-state index contributed by atoms with van der Waals surface area (Å²) in [4.78, 5) is -0.0348. The van der Waals surface area contributed by atoms with Crippen LogP contribution in [0.3, 0.4) is 0 Å². The standard InChI is InChI=1S/C11H8BrCl2NO2S2/c1-6-4-2-3-5-7(6)15-19(16,17)9-8(12)10(13)18-11(9)14/h2-5,15H,1H3. The molecule has 0 bridgehead atoms. The Morgan fingerprint density at radius 1 is 1.21 bits per heavy atom. The van der Waals surface area contributed by atoms with E-state index >= 15 is 0 Å². The van der Waals surface area contributed by atoms with Gasteiger partial charge in [-0.2, -0.15) is 0 Å². The third kappa shape index (κ3) is 3.08. The fourth-order valence-electron chi connectivity index (χ4n) is 1.45. The van der Waals surface area contributed by atoms with Crippen LogP contribution in [0.5, 0.6) is 0 Å². The average molecular weight is 401 g/mol. The van der Waals surface area contributed by atoms with Crippen LogP contribution in [0.25, 0.3) is 0 Å². The molecule has 0 amide bonds. The van der Waals surface area contributed by atoms with E-state index in [2.05, 4.69) is 20.7 Å². The molecular formula is C11H8BrCl2NO2S2. The van der Waals surface area contributed by atoms with Gasteiger partial charge in [-0.05, 0) is 34.5 Å². The lowest BCUT2D eigenvalue weighted by molar-refractivity contribution is 0.601. The van der Waals surface area contributed by atoms with Crippen LogP contribution < -0.4 is 4.72 Å². The second-order valence-corrected chi connectivity index (χ2v) is 8.35. The maximum absolute atomic E-state index is 12.3. The third-order valence-electron chi connectivity index (χ3n) is 2.39. The molecule has 0 aliphatic heterocycles. The molecule has 0 fully saturated rings. The van der Waals surface area contributed by atoms with Gasteiger partial charge in [0, 0.05) is 0 Å². The minimum atomic E-state index is -3.78. The Bertz CT molecular complexity index is 728. The smallest absolute Gasteiger partial charge is 0.265 e. The van der Waals surface area contributed by atoms with E-state index in [1.165, 1.54) is 0 Å². The first-order chi connectivity index (χ1) is 8.83. The van der Waals surface area contributed by atoms with E-state index in [4.69, 9.17) is 23.2 Å². The largest absolute Gasteiger partial charge is 0.279 e. The second-order valence-electron chi connectivity index (χ2n) is 3.71. The zero-order valence-corrected chi connectivity index (χ0v) is 14.3. The molecule has 0 aliphatic rings.